The fourth-order valence-electron chi connectivity index (χ4n) is 2.44. The summed E-state index contributed by atoms with van der Waals surface area (Å²) in [6.45, 7) is 6.32. The highest BCUT2D eigenvalue weighted by atomic mass is 35.5. The zero-order valence-corrected chi connectivity index (χ0v) is 13.9. The lowest BCUT2D eigenvalue weighted by Gasteiger charge is -2.30. The van der Waals surface area contributed by atoms with Crippen molar-refractivity contribution in [2.45, 2.75) is 26.2 Å². The van der Waals surface area contributed by atoms with E-state index in [1.54, 1.807) is 24.7 Å². The minimum Gasteiger partial charge on any atom is -0.334 e. The highest BCUT2D eigenvalue weighted by molar-refractivity contribution is 6.29. The molecule has 0 aromatic carbocycles. The van der Waals surface area contributed by atoms with Gasteiger partial charge in [-0.25, -0.2) is 4.98 Å². The number of halogens is 1. The summed E-state index contributed by atoms with van der Waals surface area (Å²) in [4.78, 5) is 12.9. The molecule has 0 spiro atoms. The van der Waals surface area contributed by atoms with E-state index in [1.807, 2.05) is 18.2 Å². The Balaban J connectivity index is 2.06. The van der Waals surface area contributed by atoms with Gasteiger partial charge in [0.25, 0.3) is 5.89 Å². The van der Waals surface area contributed by atoms with Gasteiger partial charge in [-0.2, -0.15) is 4.98 Å². The van der Waals surface area contributed by atoms with Gasteiger partial charge in [-0.3, -0.25) is 4.98 Å². The van der Waals surface area contributed by atoms with E-state index in [1.165, 1.54) is 0 Å². The van der Waals surface area contributed by atoms with Gasteiger partial charge in [0.05, 0.1) is 11.0 Å². The fraction of sp³-hybridized carbons (Fsp3) is 0.294. The molecule has 118 valence electrons. The van der Waals surface area contributed by atoms with Crippen molar-refractivity contribution in [2.75, 3.05) is 0 Å². The molecule has 3 aromatic rings. The molecule has 0 N–H and O–H groups in total. The molecular weight excluding hydrogens is 312 g/mol. The minimum absolute atomic E-state index is 0.241. The minimum atomic E-state index is -0.429. The van der Waals surface area contributed by atoms with Gasteiger partial charge >= 0.3 is 0 Å². The molecule has 1 atom stereocenters. The summed E-state index contributed by atoms with van der Waals surface area (Å²) in [5.41, 5.74) is 1.36. The van der Waals surface area contributed by atoms with Gasteiger partial charge in [-0.15, -0.1) is 0 Å². The molecule has 0 radical (unpaired) electrons. The van der Waals surface area contributed by atoms with E-state index in [0.717, 1.165) is 11.1 Å². The maximum absolute atomic E-state index is 5.90. The zero-order valence-electron chi connectivity index (χ0n) is 13.2. The molecule has 0 aliphatic carbocycles. The summed E-state index contributed by atoms with van der Waals surface area (Å²) in [6, 6.07) is 7.46. The molecule has 6 heteroatoms. The predicted molar refractivity (Wildman–Crippen MR) is 88.1 cm³/mol. The lowest BCUT2D eigenvalue weighted by molar-refractivity contribution is 0.350. The van der Waals surface area contributed by atoms with E-state index in [9.17, 15) is 0 Å². The normalized spacial score (nSPS) is 14.0. The molecule has 0 amide bonds. The molecule has 0 saturated heterocycles. The Labute approximate surface area is 139 Å². The van der Waals surface area contributed by atoms with Crippen molar-refractivity contribution in [3.63, 3.8) is 0 Å². The summed E-state index contributed by atoms with van der Waals surface area (Å²) >= 11 is 5.90. The molecule has 3 rings (SSSR count). The average molecular weight is 329 g/mol. The largest absolute Gasteiger partial charge is 0.334 e. The van der Waals surface area contributed by atoms with E-state index in [2.05, 4.69) is 40.9 Å². The molecule has 3 heterocycles. The van der Waals surface area contributed by atoms with Gasteiger partial charge in [0.2, 0.25) is 0 Å². The van der Waals surface area contributed by atoms with Crippen molar-refractivity contribution in [3.05, 3.63) is 59.4 Å². The maximum Gasteiger partial charge on any atom is 0.259 e. The first-order valence-electron chi connectivity index (χ1n) is 7.38. The van der Waals surface area contributed by atoms with Crippen molar-refractivity contribution < 1.29 is 4.52 Å². The Bertz CT molecular complexity index is 786. The number of hydrogen-bond donors (Lipinski definition) is 0. The van der Waals surface area contributed by atoms with Crippen LogP contribution < -0.4 is 0 Å². The Morgan fingerprint density at radius 3 is 2.61 bits per heavy atom. The predicted octanol–water partition coefficient (Wildman–Crippen LogP) is 4.14. The van der Waals surface area contributed by atoms with Gasteiger partial charge in [0, 0.05) is 18.6 Å². The summed E-state index contributed by atoms with van der Waals surface area (Å²) in [7, 11) is 0. The van der Waals surface area contributed by atoms with Crippen LogP contribution in [-0.2, 0) is 5.41 Å². The Kier molecular flexibility index (Phi) is 4.13. The van der Waals surface area contributed by atoms with Crippen LogP contribution in [-0.4, -0.2) is 20.1 Å². The van der Waals surface area contributed by atoms with Gasteiger partial charge < -0.3 is 4.52 Å². The monoisotopic (exact) mass is 328 g/mol. The Morgan fingerprint density at radius 2 is 2.00 bits per heavy atom. The van der Waals surface area contributed by atoms with Crippen LogP contribution in [0.2, 0.25) is 5.15 Å². The SMILES string of the molecule is CC(C)C(C)(c1ccc(Cl)nc1)c1noc(-c2cccnc2)n1. The quantitative estimate of drug-likeness (QED) is 0.673. The number of hydrogen-bond acceptors (Lipinski definition) is 5. The van der Waals surface area contributed by atoms with Crippen LogP contribution in [0.4, 0.5) is 0 Å². The molecule has 0 aliphatic heterocycles. The van der Waals surface area contributed by atoms with Crippen molar-refractivity contribution in [3.8, 4) is 11.5 Å². The van der Waals surface area contributed by atoms with Crippen LogP contribution in [0.5, 0.6) is 0 Å². The van der Waals surface area contributed by atoms with E-state index in [4.69, 9.17) is 16.1 Å². The van der Waals surface area contributed by atoms with Crippen molar-refractivity contribution in [2.24, 2.45) is 5.92 Å². The molecule has 0 saturated carbocycles. The first-order chi connectivity index (χ1) is 11.0. The van der Waals surface area contributed by atoms with Crippen LogP contribution in [0.15, 0.2) is 47.4 Å². The van der Waals surface area contributed by atoms with E-state index < -0.39 is 5.41 Å². The molecule has 0 fully saturated rings. The second-order valence-electron chi connectivity index (χ2n) is 5.89. The van der Waals surface area contributed by atoms with Gasteiger partial charge in [0.1, 0.15) is 5.15 Å². The summed E-state index contributed by atoms with van der Waals surface area (Å²) in [6.07, 6.45) is 5.18. The third kappa shape index (κ3) is 2.84. The van der Waals surface area contributed by atoms with Crippen molar-refractivity contribution in [1.29, 1.82) is 0 Å². The second-order valence-corrected chi connectivity index (χ2v) is 6.28. The average Bonchev–Trinajstić information content (AvgIpc) is 3.06. The zero-order chi connectivity index (χ0) is 16.4. The van der Waals surface area contributed by atoms with Gasteiger partial charge in [0.15, 0.2) is 5.82 Å². The summed E-state index contributed by atoms with van der Waals surface area (Å²) < 4.78 is 5.44. The first kappa shape index (κ1) is 15.6. The molecule has 0 bridgehead atoms. The molecular formula is C17H17ClN4O. The van der Waals surface area contributed by atoms with Crippen LogP contribution in [0, 0.1) is 5.92 Å². The Hall–Kier alpha value is -2.27. The van der Waals surface area contributed by atoms with E-state index >= 15 is 0 Å². The highest BCUT2D eigenvalue weighted by Crippen LogP contribution is 2.37. The maximum atomic E-state index is 5.90. The van der Waals surface area contributed by atoms with Crippen molar-refractivity contribution >= 4 is 11.6 Å². The standard InChI is InChI=1S/C17H17ClN4O/c1-11(2)17(3,13-6-7-14(18)20-10-13)16-21-15(23-22-16)12-5-4-8-19-9-12/h4-11H,1-3H3. The number of aromatic nitrogens is 4. The third-order valence-electron chi connectivity index (χ3n) is 4.28. The molecule has 23 heavy (non-hydrogen) atoms. The van der Waals surface area contributed by atoms with Crippen LogP contribution >= 0.6 is 11.6 Å². The van der Waals surface area contributed by atoms with Gasteiger partial charge in [-0.1, -0.05) is 36.7 Å². The second kappa shape index (κ2) is 6.08. The lowest BCUT2D eigenvalue weighted by atomic mass is 9.73. The van der Waals surface area contributed by atoms with Crippen LogP contribution in [0.25, 0.3) is 11.5 Å². The topological polar surface area (TPSA) is 64.7 Å². The molecule has 3 aromatic heterocycles. The fourth-order valence-corrected chi connectivity index (χ4v) is 2.56. The van der Waals surface area contributed by atoms with Crippen LogP contribution in [0.1, 0.15) is 32.2 Å². The summed E-state index contributed by atoms with van der Waals surface area (Å²) in [5.74, 6) is 1.32. The number of nitrogens with zero attached hydrogens (tertiary/aromatic N) is 4. The molecule has 5 nitrogen and oxygen atoms in total. The van der Waals surface area contributed by atoms with E-state index in [-0.39, 0.29) is 5.92 Å². The number of pyridine rings is 2. The van der Waals surface area contributed by atoms with Crippen LogP contribution in [0.3, 0.4) is 0 Å². The first-order valence-corrected chi connectivity index (χ1v) is 7.76. The Morgan fingerprint density at radius 1 is 1.17 bits per heavy atom. The van der Waals surface area contributed by atoms with Gasteiger partial charge in [-0.05, 0) is 36.6 Å². The summed E-state index contributed by atoms with van der Waals surface area (Å²) in [5, 5.41) is 4.67. The smallest absolute Gasteiger partial charge is 0.259 e. The molecule has 1 unspecified atom stereocenters. The highest BCUT2D eigenvalue weighted by Gasteiger charge is 2.37. The molecule has 0 aliphatic rings. The third-order valence-corrected chi connectivity index (χ3v) is 4.50. The van der Waals surface area contributed by atoms with Crippen molar-refractivity contribution in [1.82, 2.24) is 20.1 Å². The number of rotatable bonds is 4. The lowest BCUT2D eigenvalue weighted by Crippen LogP contribution is -2.31. The van der Waals surface area contributed by atoms with E-state index in [0.29, 0.717) is 16.9 Å².